The van der Waals surface area contributed by atoms with E-state index >= 15 is 0 Å². The quantitative estimate of drug-likeness (QED) is 0.581. The molecule has 0 spiro atoms. The molecule has 0 radical (unpaired) electrons. The molecular formula is C8H7ClN4S. The van der Waals surface area contributed by atoms with E-state index in [1.54, 1.807) is 18.5 Å². The highest BCUT2D eigenvalue weighted by Crippen LogP contribution is 2.23. The van der Waals surface area contributed by atoms with Crippen molar-refractivity contribution in [2.24, 2.45) is 7.05 Å². The van der Waals surface area contributed by atoms with Crippen LogP contribution in [0.25, 0.3) is 0 Å². The van der Waals surface area contributed by atoms with Gasteiger partial charge in [0.15, 0.2) is 5.16 Å². The predicted molar refractivity (Wildman–Crippen MR) is 54.4 cm³/mol. The molecule has 4 nitrogen and oxygen atoms in total. The number of rotatable bonds is 2. The van der Waals surface area contributed by atoms with Gasteiger partial charge in [-0.2, -0.15) is 0 Å². The molecule has 2 heterocycles. The zero-order valence-corrected chi connectivity index (χ0v) is 8.96. The van der Waals surface area contributed by atoms with Crippen molar-refractivity contribution in [1.29, 1.82) is 0 Å². The Kier molecular flexibility index (Phi) is 2.69. The van der Waals surface area contributed by atoms with Crippen molar-refractivity contribution in [3.05, 3.63) is 29.9 Å². The van der Waals surface area contributed by atoms with E-state index in [2.05, 4.69) is 15.0 Å². The lowest BCUT2D eigenvalue weighted by atomic mass is 10.7. The average molecular weight is 227 g/mol. The van der Waals surface area contributed by atoms with Crippen molar-refractivity contribution in [2.45, 2.75) is 10.2 Å². The summed E-state index contributed by atoms with van der Waals surface area (Å²) < 4.78 is 1.92. The molecule has 0 amide bonds. The van der Waals surface area contributed by atoms with Crippen molar-refractivity contribution in [3.8, 4) is 0 Å². The van der Waals surface area contributed by atoms with Crippen LogP contribution in [0, 0.1) is 0 Å². The first-order chi connectivity index (χ1) is 6.75. The summed E-state index contributed by atoms with van der Waals surface area (Å²) >= 11 is 7.11. The van der Waals surface area contributed by atoms with Crippen LogP contribution in [0.15, 0.2) is 34.8 Å². The molecule has 0 atom stereocenters. The zero-order valence-electron chi connectivity index (χ0n) is 7.38. The van der Waals surface area contributed by atoms with Gasteiger partial charge < -0.3 is 4.57 Å². The first kappa shape index (κ1) is 9.48. The van der Waals surface area contributed by atoms with E-state index in [0.29, 0.717) is 0 Å². The van der Waals surface area contributed by atoms with Gasteiger partial charge in [-0.15, -0.1) is 0 Å². The van der Waals surface area contributed by atoms with Crippen molar-refractivity contribution >= 4 is 23.4 Å². The van der Waals surface area contributed by atoms with Gasteiger partial charge in [-0.05, 0) is 29.4 Å². The standard InChI is InChI=1S/C8H7ClN4S/c1-13-5-4-11-8(13)14-6-2-3-10-7(9)12-6/h2-5H,1H3. The van der Waals surface area contributed by atoms with Crippen LogP contribution in [0.3, 0.4) is 0 Å². The fourth-order valence-corrected chi connectivity index (χ4v) is 1.88. The van der Waals surface area contributed by atoms with E-state index in [4.69, 9.17) is 11.6 Å². The maximum atomic E-state index is 5.66. The lowest BCUT2D eigenvalue weighted by Gasteiger charge is -1.99. The Balaban J connectivity index is 2.23. The normalized spacial score (nSPS) is 10.4. The Morgan fingerprint density at radius 3 is 2.86 bits per heavy atom. The molecule has 0 fully saturated rings. The number of hydrogen-bond acceptors (Lipinski definition) is 4. The fourth-order valence-electron chi connectivity index (χ4n) is 0.920. The van der Waals surface area contributed by atoms with Crippen LogP contribution in [-0.4, -0.2) is 19.5 Å². The number of aryl methyl sites for hydroxylation is 1. The number of imidazole rings is 1. The monoisotopic (exact) mass is 226 g/mol. The topological polar surface area (TPSA) is 43.6 Å². The lowest BCUT2D eigenvalue weighted by Crippen LogP contribution is -1.90. The van der Waals surface area contributed by atoms with Gasteiger partial charge in [0.25, 0.3) is 0 Å². The Bertz CT molecular complexity index is 442. The summed E-state index contributed by atoms with van der Waals surface area (Å²) in [6.45, 7) is 0. The third-order valence-electron chi connectivity index (χ3n) is 1.57. The van der Waals surface area contributed by atoms with Gasteiger partial charge in [0.1, 0.15) is 5.03 Å². The highest BCUT2D eigenvalue weighted by Gasteiger charge is 2.03. The molecule has 2 aromatic rings. The average Bonchev–Trinajstić information content (AvgIpc) is 2.52. The van der Waals surface area contributed by atoms with Gasteiger partial charge in [0.2, 0.25) is 5.28 Å². The number of aromatic nitrogens is 4. The van der Waals surface area contributed by atoms with Crippen LogP contribution in [0.1, 0.15) is 0 Å². The van der Waals surface area contributed by atoms with E-state index in [1.807, 2.05) is 17.8 Å². The summed E-state index contributed by atoms with van der Waals surface area (Å²) in [5.74, 6) is 0. The minimum atomic E-state index is 0.254. The third kappa shape index (κ3) is 2.05. The van der Waals surface area contributed by atoms with E-state index < -0.39 is 0 Å². The molecule has 2 rings (SSSR count). The highest BCUT2D eigenvalue weighted by molar-refractivity contribution is 7.99. The van der Waals surface area contributed by atoms with Gasteiger partial charge in [-0.3, -0.25) is 0 Å². The van der Waals surface area contributed by atoms with Crippen LogP contribution < -0.4 is 0 Å². The number of hydrogen-bond donors (Lipinski definition) is 0. The highest BCUT2D eigenvalue weighted by atomic mass is 35.5. The summed E-state index contributed by atoms with van der Waals surface area (Å²) in [7, 11) is 1.93. The Morgan fingerprint density at radius 1 is 1.36 bits per heavy atom. The molecule has 0 unspecified atom stereocenters. The summed E-state index contributed by atoms with van der Waals surface area (Å²) in [6.07, 6.45) is 5.25. The predicted octanol–water partition coefficient (Wildman–Crippen LogP) is 2.01. The van der Waals surface area contributed by atoms with E-state index in [0.717, 1.165) is 10.2 Å². The van der Waals surface area contributed by atoms with Crippen LogP contribution in [0.2, 0.25) is 5.28 Å². The molecule has 0 aliphatic rings. The summed E-state index contributed by atoms with van der Waals surface area (Å²) in [5, 5.41) is 1.92. The maximum Gasteiger partial charge on any atom is 0.223 e. The molecule has 0 saturated carbocycles. The SMILES string of the molecule is Cn1ccnc1Sc1ccnc(Cl)n1. The van der Waals surface area contributed by atoms with Crippen molar-refractivity contribution in [1.82, 2.24) is 19.5 Å². The minimum absolute atomic E-state index is 0.254. The van der Waals surface area contributed by atoms with Crippen LogP contribution >= 0.6 is 23.4 Å². The molecule has 0 aromatic carbocycles. The van der Waals surface area contributed by atoms with E-state index in [-0.39, 0.29) is 5.28 Å². The molecule has 14 heavy (non-hydrogen) atoms. The minimum Gasteiger partial charge on any atom is -0.329 e. The molecule has 0 aliphatic carbocycles. The third-order valence-corrected chi connectivity index (χ3v) is 2.77. The zero-order chi connectivity index (χ0) is 9.97. The molecule has 72 valence electrons. The molecule has 0 bridgehead atoms. The summed E-state index contributed by atoms with van der Waals surface area (Å²) in [5.41, 5.74) is 0. The maximum absolute atomic E-state index is 5.66. The van der Waals surface area contributed by atoms with Gasteiger partial charge in [0.05, 0.1) is 0 Å². The largest absolute Gasteiger partial charge is 0.329 e. The summed E-state index contributed by atoms with van der Waals surface area (Å²) in [6, 6.07) is 1.80. The van der Waals surface area contributed by atoms with Crippen molar-refractivity contribution in [3.63, 3.8) is 0 Å². The Hall–Kier alpha value is -1.07. The first-order valence-electron chi connectivity index (χ1n) is 3.89. The van der Waals surface area contributed by atoms with Gasteiger partial charge in [-0.25, -0.2) is 15.0 Å². The van der Waals surface area contributed by atoms with Gasteiger partial charge >= 0.3 is 0 Å². The number of nitrogens with zero attached hydrogens (tertiary/aromatic N) is 4. The molecule has 0 saturated heterocycles. The van der Waals surface area contributed by atoms with Gasteiger partial charge in [0, 0.05) is 25.6 Å². The van der Waals surface area contributed by atoms with Crippen LogP contribution in [0.5, 0.6) is 0 Å². The Labute approximate surface area is 90.4 Å². The second-order valence-electron chi connectivity index (χ2n) is 2.59. The van der Waals surface area contributed by atoms with Crippen LogP contribution in [0.4, 0.5) is 0 Å². The lowest BCUT2D eigenvalue weighted by molar-refractivity contribution is 0.788. The Morgan fingerprint density at radius 2 is 2.21 bits per heavy atom. The summed E-state index contributed by atoms with van der Waals surface area (Å²) in [4.78, 5) is 12.0. The van der Waals surface area contributed by atoms with Crippen molar-refractivity contribution in [2.75, 3.05) is 0 Å². The second kappa shape index (κ2) is 3.98. The van der Waals surface area contributed by atoms with Crippen molar-refractivity contribution < 1.29 is 0 Å². The van der Waals surface area contributed by atoms with E-state index in [9.17, 15) is 0 Å². The number of halogens is 1. The second-order valence-corrected chi connectivity index (χ2v) is 3.91. The van der Waals surface area contributed by atoms with Gasteiger partial charge in [-0.1, -0.05) is 0 Å². The van der Waals surface area contributed by atoms with Crippen LogP contribution in [-0.2, 0) is 7.05 Å². The van der Waals surface area contributed by atoms with E-state index in [1.165, 1.54) is 11.8 Å². The first-order valence-corrected chi connectivity index (χ1v) is 5.09. The molecule has 0 aliphatic heterocycles. The molecular weight excluding hydrogens is 220 g/mol. The fraction of sp³-hybridized carbons (Fsp3) is 0.125. The molecule has 2 aromatic heterocycles. The molecule has 6 heteroatoms. The molecule has 0 N–H and O–H groups in total. The smallest absolute Gasteiger partial charge is 0.223 e.